The Hall–Kier alpha value is -2.14. The van der Waals surface area contributed by atoms with Crippen LogP contribution in [-0.2, 0) is 31.4 Å². The van der Waals surface area contributed by atoms with Crippen LogP contribution in [-0.4, -0.2) is 33.7 Å². The lowest BCUT2D eigenvalue weighted by Gasteiger charge is -2.35. The van der Waals surface area contributed by atoms with Crippen molar-refractivity contribution >= 4 is 5.91 Å². The largest absolute Gasteiger partial charge is 0.352 e. The van der Waals surface area contributed by atoms with E-state index in [0.717, 1.165) is 49.3 Å². The van der Waals surface area contributed by atoms with Gasteiger partial charge in [-0.15, -0.1) is 0 Å². The molecule has 2 heterocycles. The van der Waals surface area contributed by atoms with E-state index in [1.807, 2.05) is 18.7 Å². The van der Waals surface area contributed by atoms with Gasteiger partial charge in [0.05, 0.1) is 5.69 Å². The number of likely N-dealkylation sites (tertiary alicyclic amines) is 1. The molecule has 1 aliphatic heterocycles. The van der Waals surface area contributed by atoms with Crippen LogP contribution in [0.1, 0.15) is 54.8 Å². The van der Waals surface area contributed by atoms with Gasteiger partial charge in [0.2, 0.25) is 5.91 Å². The molecule has 0 unspecified atom stereocenters. The van der Waals surface area contributed by atoms with Crippen molar-refractivity contribution in [2.24, 2.45) is 18.9 Å². The highest BCUT2D eigenvalue weighted by atomic mass is 16.1. The Balaban J connectivity index is 1.54. The Morgan fingerprint density at radius 2 is 1.79 bits per heavy atom. The minimum absolute atomic E-state index is 0.0997. The maximum absolute atomic E-state index is 12.5. The Morgan fingerprint density at radius 1 is 1.14 bits per heavy atom. The van der Waals surface area contributed by atoms with Crippen molar-refractivity contribution in [3.8, 4) is 0 Å². The number of carbonyl (C=O) groups is 1. The van der Waals surface area contributed by atoms with Gasteiger partial charge in [0.1, 0.15) is 0 Å². The summed E-state index contributed by atoms with van der Waals surface area (Å²) in [5.74, 6) is 1.61. The summed E-state index contributed by atoms with van der Waals surface area (Å²) in [5, 5.41) is 7.57. The average Bonchev–Trinajstić information content (AvgIpc) is 2.90. The fourth-order valence-electron chi connectivity index (χ4n) is 4.75. The van der Waals surface area contributed by atoms with Crippen LogP contribution in [0.15, 0.2) is 24.3 Å². The highest BCUT2D eigenvalue weighted by Gasteiger charge is 2.22. The van der Waals surface area contributed by atoms with Gasteiger partial charge in [-0.05, 0) is 55.2 Å². The molecule has 2 aromatic rings. The molecule has 1 fully saturated rings. The van der Waals surface area contributed by atoms with Crippen LogP contribution in [0.4, 0.5) is 0 Å². The van der Waals surface area contributed by atoms with Crippen LogP contribution >= 0.6 is 0 Å². The molecule has 158 valence electrons. The van der Waals surface area contributed by atoms with Crippen LogP contribution in [0.2, 0.25) is 0 Å². The summed E-state index contributed by atoms with van der Waals surface area (Å²) in [6.45, 7) is 12.7. The lowest BCUT2D eigenvalue weighted by Crippen LogP contribution is -2.38. The minimum Gasteiger partial charge on any atom is -0.352 e. The predicted molar refractivity (Wildman–Crippen MR) is 118 cm³/mol. The number of aryl methyl sites for hydroxylation is 2. The zero-order chi connectivity index (χ0) is 21.0. The van der Waals surface area contributed by atoms with Gasteiger partial charge in [-0.3, -0.25) is 14.4 Å². The Morgan fingerprint density at radius 3 is 2.41 bits per heavy atom. The highest BCUT2D eigenvalue weighted by Crippen LogP contribution is 2.23. The van der Waals surface area contributed by atoms with Crippen LogP contribution < -0.4 is 5.32 Å². The number of nitrogens with one attached hydrogen (secondary N) is 1. The topological polar surface area (TPSA) is 50.2 Å². The summed E-state index contributed by atoms with van der Waals surface area (Å²) in [7, 11) is 1.95. The number of carbonyl (C=O) groups excluding carboxylic acids is 1. The van der Waals surface area contributed by atoms with Crippen molar-refractivity contribution < 1.29 is 4.79 Å². The molecule has 5 heteroatoms. The molecule has 1 N–H and O–H groups in total. The SMILES string of the molecule is Cc1nn(C)c(C)c1CCC(=O)NCc1ccccc1CN1C[C@H](C)C[C@@H](C)C1. The molecule has 1 saturated heterocycles. The Labute approximate surface area is 175 Å². The van der Waals surface area contributed by atoms with Gasteiger partial charge in [-0.1, -0.05) is 38.1 Å². The van der Waals surface area contributed by atoms with Crippen molar-refractivity contribution in [2.75, 3.05) is 13.1 Å². The molecule has 3 rings (SSSR count). The molecule has 1 aromatic heterocycles. The molecule has 1 aliphatic rings. The minimum atomic E-state index is 0.0997. The number of amides is 1. The van der Waals surface area contributed by atoms with E-state index in [-0.39, 0.29) is 5.91 Å². The van der Waals surface area contributed by atoms with E-state index < -0.39 is 0 Å². The molecular formula is C24H36N4O. The molecule has 5 nitrogen and oxygen atoms in total. The van der Waals surface area contributed by atoms with Gasteiger partial charge in [-0.25, -0.2) is 0 Å². The van der Waals surface area contributed by atoms with Crippen LogP contribution in [0.5, 0.6) is 0 Å². The van der Waals surface area contributed by atoms with Gasteiger partial charge in [0.25, 0.3) is 0 Å². The summed E-state index contributed by atoms with van der Waals surface area (Å²) in [4.78, 5) is 15.0. The molecular weight excluding hydrogens is 360 g/mol. The number of hydrogen-bond donors (Lipinski definition) is 1. The fourth-order valence-corrected chi connectivity index (χ4v) is 4.75. The zero-order valence-corrected chi connectivity index (χ0v) is 18.7. The van der Waals surface area contributed by atoms with E-state index in [1.54, 1.807) is 0 Å². The molecule has 1 amide bonds. The summed E-state index contributed by atoms with van der Waals surface area (Å²) in [6, 6.07) is 8.51. The lowest BCUT2D eigenvalue weighted by atomic mass is 9.91. The monoisotopic (exact) mass is 396 g/mol. The van der Waals surface area contributed by atoms with Crippen LogP contribution in [0, 0.1) is 25.7 Å². The first kappa shape index (κ1) is 21.6. The molecule has 0 radical (unpaired) electrons. The average molecular weight is 397 g/mol. The summed E-state index contributed by atoms with van der Waals surface area (Å²) < 4.78 is 1.89. The first-order chi connectivity index (χ1) is 13.8. The second-order valence-corrected chi connectivity index (χ2v) is 8.96. The normalized spacial score (nSPS) is 20.0. The Bertz CT molecular complexity index is 831. The van der Waals surface area contributed by atoms with E-state index >= 15 is 0 Å². The number of nitrogens with zero attached hydrogens (tertiary/aromatic N) is 3. The maximum atomic E-state index is 12.5. The molecule has 1 aromatic carbocycles. The van der Waals surface area contributed by atoms with Gasteiger partial charge < -0.3 is 5.32 Å². The smallest absolute Gasteiger partial charge is 0.220 e. The third-order valence-corrected chi connectivity index (χ3v) is 6.19. The standard InChI is InChI=1S/C24H36N4O/c1-17-12-18(2)15-28(14-17)16-22-9-7-6-8-21(22)13-25-24(29)11-10-23-19(3)26-27(5)20(23)4/h6-9,17-18H,10-16H2,1-5H3,(H,25,29)/t17-,18-/m1/s1. The molecule has 0 bridgehead atoms. The summed E-state index contributed by atoms with van der Waals surface area (Å²) in [5.41, 5.74) is 5.91. The molecule has 0 aliphatic carbocycles. The van der Waals surface area contributed by atoms with E-state index in [2.05, 4.69) is 60.4 Å². The molecule has 2 atom stereocenters. The molecule has 0 spiro atoms. The second-order valence-electron chi connectivity index (χ2n) is 8.96. The van der Waals surface area contributed by atoms with E-state index in [1.165, 1.54) is 23.1 Å². The van der Waals surface area contributed by atoms with Gasteiger partial charge in [0.15, 0.2) is 0 Å². The van der Waals surface area contributed by atoms with Gasteiger partial charge in [-0.2, -0.15) is 5.10 Å². The molecule has 0 saturated carbocycles. The van der Waals surface area contributed by atoms with Crippen molar-refractivity contribution in [3.63, 3.8) is 0 Å². The first-order valence-electron chi connectivity index (χ1n) is 10.9. The van der Waals surface area contributed by atoms with Gasteiger partial charge >= 0.3 is 0 Å². The van der Waals surface area contributed by atoms with Crippen molar-refractivity contribution in [1.29, 1.82) is 0 Å². The van der Waals surface area contributed by atoms with Gasteiger partial charge in [0, 0.05) is 45.3 Å². The van der Waals surface area contributed by atoms with Crippen LogP contribution in [0.25, 0.3) is 0 Å². The van der Waals surface area contributed by atoms with E-state index in [0.29, 0.717) is 13.0 Å². The highest BCUT2D eigenvalue weighted by molar-refractivity contribution is 5.76. The number of rotatable bonds is 7. The summed E-state index contributed by atoms with van der Waals surface area (Å²) >= 11 is 0. The zero-order valence-electron chi connectivity index (χ0n) is 18.7. The second kappa shape index (κ2) is 9.57. The van der Waals surface area contributed by atoms with Crippen molar-refractivity contribution in [3.05, 3.63) is 52.3 Å². The molecule has 29 heavy (non-hydrogen) atoms. The Kier molecular flexibility index (Phi) is 7.12. The number of piperidine rings is 1. The number of aromatic nitrogens is 2. The summed E-state index contributed by atoms with van der Waals surface area (Å²) in [6.07, 6.45) is 2.56. The number of hydrogen-bond acceptors (Lipinski definition) is 3. The third kappa shape index (κ3) is 5.69. The van der Waals surface area contributed by atoms with Crippen LogP contribution in [0.3, 0.4) is 0 Å². The quantitative estimate of drug-likeness (QED) is 0.775. The van der Waals surface area contributed by atoms with Crippen molar-refractivity contribution in [1.82, 2.24) is 20.0 Å². The fraction of sp³-hybridized carbons (Fsp3) is 0.583. The lowest BCUT2D eigenvalue weighted by molar-refractivity contribution is -0.121. The van der Waals surface area contributed by atoms with E-state index in [4.69, 9.17) is 0 Å². The van der Waals surface area contributed by atoms with Crippen molar-refractivity contribution in [2.45, 2.75) is 60.0 Å². The first-order valence-corrected chi connectivity index (χ1v) is 10.9. The predicted octanol–water partition coefficient (Wildman–Crippen LogP) is 3.76. The number of benzene rings is 1. The van der Waals surface area contributed by atoms with E-state index in [9.17, 15) is 4.79 Å². The maximum Gasteiger partial charge on any atom is 0.220 e. The third-order valence-electron chi connectivity index (χ3n) is 6.19.